The maximum absolute atomic E-state index is 6.57. The molecule has 4 nitrogen and oxygen atoms in total. The smallest absolute Gasteiger partial charge is 0.322 e. The van der Waals surface area contributed by atoms with E-state index in [1.807, 2.05) is 0 Å². The second-order valence-electron chi connectivity index (χ2n) is 8.42. The Hall–Kier alpha value is 0.491. The molecule has 4 unspecified atom stereocenters. The number of rotatable bonds is 8. The fourth-order valence-corrected chi connectivity index (χ4v) is 15.6. The molecule has 2 aliphatic rings. The Balaban J connectivity index is 1.97. The first-order chi connectivity index (χ1) is 10.0. The first-order valence-electron chi connectivity index (χ1n) is 8.65. The van der Waals surface area contributed by atoms with Gasteiger partial charge in [0.25, 0.3) is 0 Å². The van der Waals surface area contributed by atoms with Crippen LogP contribution >= 0.6 is 0 Å². The maximum Gasteiger partial charge on any atom is 0.322 e. The zero-order chi connectivity index (χ0) is 16.6. The SMILES string of the molecule is CO[Si](C)(C)O[Si](C)(CCC1CCCC2OC12)O[Si](C)(C)C. The first kappa shape index (κ1) is 18.8. The Labute approximate surface area is 139 Å². The van der Waals surface area contributed by atoms with Crippen LogP contribution in [0.15, 0.2) is 0 Å². The predicted octanol–water partition coefficient (Wildman–Crippen LogP) is 4.23. The van der Waals surface area contributed by atoms with E-state index >= 15 is 0 Å². The van der Waals surface area contributed by atoms with E-state index in [0.29, 0.717) is 18.1 Å². The Morgan fingerprint density at radius 1 is 1.00 bits per heavy atom. The van der Waals surface area contributed by atoms with Crippen LogP contribution in [0.1, 0.15) is 25.7 Å². The van der Waals surface area contributed by atoms with Gasteiger partial charge in [0.1, 0.15) is 0 Å². The van der Waals surface area contributed by atoms with E-state index in [1.165, 1.54) is 25.7 Å². The molecule has 0 radical (unpaired) electrons. The van der Waals surface area contributed by atoms with Crippen molar-refractivity contribution in [2.75, 3.05) is 7.11 Å². The van der Waals surface area contributed by atoms with Crippen molar-refractivity contribution in [2.45, 2.75) is 83.2 Å². The van der Waals surface area contributed by atoms with E-state index < -0.39 is 25.4 Å². The first-order valence-corrected chi connectivity index (χ1v) is 17.4. The summed E-state index contributed by atoms with van der Waals surface area (Å²) in [5, 5.41) is 0. The summed E-state index contributed by atoms with van der Waals surface area (Å²) in [6.07, 6.45) is 6.17. The van der Waals surface area contributed by atoms with Crippen LogP contribution < -0.4 is 0 Å². The molecule has 0 bridgehead atoms. The van der Waals surface area contributed by atoms with Gasteiger partial charge in [-0.05, 0) is 70.5 Å². The highest BCUT2D eigenvalue weighted by Gasteiger charge is 2.49. The standard InChI is InChI=1S/C15H34O4Si3/c1-16-21(5,6)19-22(7,18-20(2,3)4)12-11-13-9-8-10-14-15(13)17-14/h13-15H,8-12H2,1-7H3. The summed E-state index contributed by atoms with van der Waals surface area (Å²) in [5.74, 6) is 0.715. The number of epoxide rings is 1. The van der Waals surface area contributed by atoms with Gasteiger partial charge in [-0.15, -0.1) is 0 Å². The third kappa shape index (κ3) is 5.54. The van der Waals surface area contributed by atoms with Crippen molar-refractivity contribution in [2.24, 2.45) is 5.92 Å². The lowest BCUT2D eigenvalue weighted by Gasteiger charge is -2.39. The summed E-state index contributed by atoms with van der Waals surface area (Å²) in [7, 11) is -4.13. The number of fused-ring (bicyclic) bond motifs is 1. The zero-order valence-corrected chi connectivity index (χ0v) is 18.4. The average molecular weight is 363 g/mol. The van der Waals surface area contributed by atoms with E-state index in [0.717, 1.165) is 6.04 Å². The van der Waals surface area contributed by atoms with E-state index in [2.05, 4.69) is 39.3 Å². The minimum Gasteiger partial charge on any atom is -0.437 e. The minimum atomic E-state index is -2.19. The summed E-state index contributed by atoms with van der Waals surface area (Å²) in [5.41, 5.74) is 0. The molecular formula is C15H34O4Si3. The molecule has 0 aromatic heterocycles. The summed E-state index contributed by atoms with van der Waals surface area (Å²) < 4.78 is 24.5. The molecule has 1 aliphatic carbocycles. The fraction of sp³-hybridized carbons (Fsp3) is 1.00. The van der Waals surface area contributed by atoms with Gasteiger partial charge in [0.05, 0.1) is 12.2 Å². The number of hydrogen-bond acceptors (Lipinski definition) is 4. The Kier molecular flexibility index (Phi) is 5.80. The molecule has 0 spiro atoms. The highest BCUT2D eigenvalue weighted by molar-refractivity contribution is 6.86. The molecule has 22 heavy (non-hydrogen) atoms. The van der Waals surface area contributed by atoms with Gasteiger partial charge in [-0.2, -0.15) is 0 Å². The normalized spacial score (nSPS) is 31.5. The third-order valence-corrected chi connectivity index (χ3v) is 14.6. The molecule has 1 saturated carbocycles. The predicted molar refractivity (Wildman–Crippen MR) is 97.1 cm³/mol. The second kappa shape index (κ2) is 6.78. The minimum absolute atomic E-state index is 0.534. The van der Waals surface area contributed by atoms with Crippen molar-refractivity contribution in [3.05, 3.63) is 0 Å². The molecule has 1 heterocycles. The Bertz CT molecular complexity index is 385. The molecule has 0 amide bonds. The van der Waals surface area contributed by atoms with Crippen molar-refractivity contribution < 1.29 is 17.4 Å². The van der Waals surface area contributed by atoms with E-state index in [-0.39, 0.29) is 0 Å². The Morgan fingerprint density at radius 2 is 1.68 bits per heavy atom. The molecule has 0 aromatic carbocycles. The van der Waals surface area contributed by atoms with Gasteiger partial charge in [-0.3, -0.25) is 0 Å². The average Bonchev–Trinajstić information content (AvgIpc) is 3.13. The maximum atomic E-state index is 6.57. The van der Waals surface area contributed by atoms with E-state index in [9.17, 15) is 0 Å². The molecule has 2 fully saturated rings. The number of hydrogen-bond donors (Lipinski definition) is 0. The van der Waals surface area contributed by atoms with Crippen LogP contribution in [-0.2, 0) is 17.4 Å². The van der Waals surface area contributed by atoms with Crippen molar-refractivity contribution in [1.82, 2.24) is 0 Å². The van der Waals surface area contributed by atoms with Crippen LogP contribution in [0.2, 0.25) is 45.3 Å². The van der Waals surface area contributed by atoms with Crippen LogP contribution in [0.25, 0.3) is 0 Å². The highest BCUT2D eigenvalue weighted by Crippen LogP contribution is 2.43. The topological polar surface area (TPSA) is 40.2 Å². The largest absolute Gasteiger partial charge is 0.437 e. The molecule has 0 aromatic rings. The lowest BCUT2D eigenvalue weighted by molar-refractivity contribution is 0.267. The van der Waals surface area contributed by atoms with Crippen LogP contribution in [0.4, 0.5) is 0 Å². The van der Waals surface area contributed by atoms with Crippen molar-refractivity contribution >= 4 is 25.4 Å². The Morgan fingerprint density at radius 3 is 2.27 bits per heavy atom. The van der Waals surface area contributed by atoms with E-state index in [4.69, 9.17) is 17.4 Å². The quantitative estimate of drug-likeness (QED) is 0.478. The third-order valence-electron chi connectivity index (χ3n) is 4.59. The summed E-state index contributed by atoms with van der Waals surface area (Å²) in [6.45, 7) is 13.2. The van der Waals surface area contributed by atoms with Crippen LogP contribution in [0.5, 0.6) is 0 Å². The lowest BCUT2D eigenvalue weighted by Crippen LogP contribution is -2.54. The molecule has 1 saturated heterocycles. The molecule has 2 rings (SSSR count). The summed E-state index contributed by atoms with van der Waals surface area (Å²) in [4.78, 5) is 0. The second-order valence-corrected chi connectivity index (χ2v) is 20.3. The molecule has 4 atom stereocenters. The molecular weight excluding hydrogens is 328 g/mol. The monoisotopic (exact) mass is 362 g/mol. The zero-order valence-electron chi connectivity index (χ0n) is 15.4. The molecule has 7 heteroatoms. The highest BCUT2D eigenvalue weighted by atomic mass is 28.5. The van der Waals surface area contributed by atoms with Crippen LogP contribution in [0.3, 0.4) is 0 Å². The van der Waals surface area contributed by atoms with Gasteiger partial charge in [0.2, 0.25) is 0 Å². The number of ether oxygens (including phenoxy) is 1. The molecule has 130 valence electrons. The van der Waals surface area contributed by atoms with Gasteiger partial charge in [0, 0.05) is 7.11 Å². The van der Waals surface area contributed by atoms with Crippen LogP contribution in [-0.4, -0.2) is 44.8 Å². The van der Waals surface area contributed by atoms with Gasteiger partial charge in [-0.25, -0.2) is 0 Å². The van der Waals surface area contributed by atoms with E-state index in [1.54, 1.807) is 7.11 Å². The van der Waals surface area contributed by atoms with Gasteiger partial charge in [0.15, 0.2) is 8.32 Å². The molecule has 0 N–H and O–H groups in total. The fourth-order valence-electron chi connectivity index (χ4n) is 3.64. The van der Waals surface area contributed by atoms with Crippen molar-refractivity contribution in [3.8, 4) is 0 Å². The van der Waals surface area contributed by atoms with Gasteiger partial charge >= 0.3 is 17.1 Å². The summed E-state index contributed by atoms with van der Waals surface area (Å²) in [6, 6.07) is 1.06. The lowest BCUT2D eigenvalue weighted by atomic mass is 9.87. The van der Waals surface area contributed by atoms with Gasteiger partial charge in [-0.1, -0.05) is 6.42 Å². The van der Waals surface area contributed by atoms with Crippen molar-refractivity contribution in [1.29, 1.82) is 0 Å². The molecule has 1 aliphatic heterocycles. The van der Waals surface area contributed by atoms with Crippen molar-refractivity contribution in [3.63, 3.8) is 0 Å². The van der Waals surface area contributed by atoms with Gasteiger partial charge < -0.3 is 17.4 Å². The van der Waals surface area contributed by atoms with Crippen LogP contribution in [0, 0.1) is 5.92 Å². The summed E-state index contributed by atoms with van der Waals surface area (Å²) >= 11 is 0.